The Hall–Kier alpha value is -5.70. The van der Waals surface area contributed by atoms with E-state index in [1.807, 2.05) is 48.5 Å². The molecule has 0 radical (unpaired) electrons. The number of amides is 2. The van der Waals surface area contributed by atoms with Crippen LogP contribution < -0.4 is 23.8 Å². The van der Waals surface area contributed by atoms with Crippen molar-refractivity contribution in [2.24, 2.45) is 0 Å². The summed E-state index contributed by atoms with van der Waals surface area (Å²) in [6.45, 7) is 1.96. The maximum atomic E-state index is 13.0. The number of halogens is 1. The number of allylic oxidation sites excluding steroid dienone is 1. The lowest BCUT2D eigenvalue weighted by Crippen LogP contribution is -2.29. The van der Waals surface area contributed by atoms with E-state index in [-0.39, 0.29) is 23.4 Å². The van der Waals surface area contributed by atoms with E-state index in [9.17, 15) is 18.8 Å². The maximum absolute atomic E-state index is 13.0. The molecule has 0 atom stereocenters. The van der Waals surface area contributed by atoms with Crippen LogP contribution in [0.15, 0.2) is 115 Å². The second-order valence-corrected chi connectivity index (χ2v) is 10.9. The Bertz CT molecular complexity index is 1700. The van der Waals surface area contributed by atoms with E-state index < -0.39 is 0 Å². The van der Waals surface area contributed by atoms with Gasteiger partial charge in [0.15, 0.2) is 5.78 Å². The Kier molecular flexibility index (Phi) is 12.1. The average Bonchev–Trinajstić information content (AvgIpc) is 3.45. The van der Waals surface area contributed by atoms with Gasteiger partial charge in [0.1, 0.15) is 42.0 Å². The van der Waals surface area contributed by atoms with Gasteiger partial charge in [-0.25, -0.2) is 9.29 Å². The van der Waals surface area contributed by atoms with Crippen molar-refractivity contribution in [1.82, 2.24) is 0 Å². The molecule has 0 aromatic heterocycles. The summed E-state index contributed by atoms with van der Waals surface area (Å²) in [5, 5.41) is 0. The number of rotatable bonds is 18. The number of imide groups is 1. The van der Waals surface area contributed by atoms with Gasteiger partial charge in [-0.1, -0.05) is 18.2 Å². The van der Waals surface area contributed by atoms with Gasteiger partial charge in [0.2, 0.25) is 0 Å². The van der Waals surface area contributed by atoms with Crippen LogP contribution in [0.2, 0.25) is 0 Å². The van der Waals surface area contributed by atoms with Gasteiger partial charge >= 0.3 is 0 Å². The highest BCUT2D eigenvalue weighted by Crippen LogP contribution is 2.23. The molecule has 2 amide bonds. The van der Waals surface area contributed by atoms with Gasteiger partial charge in [0.25, 0.3) is 11.8 Å². The molecule has 9 heteroatoms. The molecular formula is C39H36FNO7. The van der Waals surface area contributed by atoms with Crippen LogP contribution in [-0.4, -0.2) is 44.0 Å². The van der Waals surface area contributed by atoms with E-state index in [1.54, 1.807) is 30.3 Å². The predicted molar refractivity (Wildman–Crippen MR) is 181 cm³/mol. The molecule has 1 aliphatic rings. The monoisotopic (exact) mass is 649 g/mol. The smallest absolute Gasteiger partial charge is 0.258 e. The quantitative estimate of drug-likeness (QED) is 0.0474. The number of ether oxygens (including phenoxy) is 4. The lowest BCUT2D eigenvalue weighted by Gasteiger charge is -2.14. The molecule has 0 spiro atoms. The number of hydrogen-bond acceptors (Lipinski definition) is 7. The Morgan fingerprint density at radius 2 is 1.00 bits per heavy atom. The van der Waals surface area contributed by atoms with Crippen molar-refractivity contribution in [2.45, 2.75) is 25.7 Å². The Labute approximate surface area is 279 Å². The average molecular weight is 650 g/mol. The summed E-state index contributed by atoms with van der Waals surface area (Å²) in [5.41, 5.74) is 1.80. The first-order chi connectivity index (χ1) is 23.4. The fraction of sp³-hybridized carbons (Fsp3) is 0.205. The predicted octanol–water partition coefficient (Wildman–Crippen LogP) is 7.63. The second kappa shape index (κ2) is 17.3. The fourth-order valence-electron chi connectivity index (χ4n) is 4.79. The third-order valence-corrected chi connectivity index (χ3v) is 7.36. The van der Waals surface area contributed by atoms with Crippen LogP contribution in [0, 0.1) is 5.82 Å². The third kappa shape index (κ3) is 10.2. The molecule has 0 unspecified atom stereocenters. The molecule has 5 rings (SSSR count). The fourth-order valence-corrected chi connectivity index (χ4v) is 4.79. The van der Waals surface area contributed by atoms with E-state index in [0.29, 0.717) is 49.2 Å². The molecule has 48 heavy (non-hydrogen) atoms. The van der Waals surface area contributed by atoms with Gasteiger partial charge in [-0.15, -0.1) is 0 Å². The molecule has 246 valence electrons. The third-order valence-electron chi connectivity index (χ3n) is 7.36. The molecule has 0 N–H and O–H groups in total. The zero-order valence-corrected chi connectivity index (χ0v) is 26.4. The Morgan fingerprint density at radius 3 is 1.50 bits per heavy atom. The number of nitrogens with zero attached hydrogens (tertiary/aromatic N) is 1. The topological polar surface area (TPSA) is 91.4 Å². The molecule has 0 aliphatic carbocycles. The summed E-state index contributed by atoms with van der Waals surface area (Å²) in [6.07, 6.45) is 9.57. The Balaban J connectivity index is 0.890. The summed E-state index contributed by atoms with van der Waals surface area (Å²) >= 11 is 0. The lowest BCUT2D eigenvalue weighted by molar-refractivity contribution is -0.120. The normalized spacial score (nSPS) is 12.5. The molecule has 0 bridgehead atoms. The highest BCUT2D eigenvalue weighted by atomic mass is 19.1. The van der Waals surface area contributed by atoms with Crippen molar-refractivity contribution >= 4 is 29.4 Å². The van der Waals surface area contributed by atoms with Crippen LogP contribution in [0.5, 0.6) is 23.0 Å². The minimum Gasteiger partial charge on any atom is -0.494 e. The summed E-state index contributed by atoms with van der Waals surface area (Å²) in [5.74, 6) is 1.65. The minimum atomic E-state index is -0.377. The molecular weight excluding hydrogens is 613 g/mol. The standard InChI is InChI=1S/C39H36FNO7/c40-31-10-8-30(9-11-31)37(42)22-7-29-5-14-33(15-6-29)47-27-28-48-36-20-18-35(19-21-36)46-26-4-2-1-3-25-45-34-16-12-32(13-17-34)41-38(43)23-24-39(41)44/h5-24H,1-4,25-28H2/b22-7+. The molecule has 0 saturated heterocycles. The molecule has 0 saturated carbocycles. The van der Waals surface area contributed by atoms with Gasteiger partial charge in [-0.2, -0.15) is 0 Å². The molecule has 1 heterocycles. The number of hydrogen-bond donors (Lipinski definition) is 0. The van der Waals surface area contributed by atoms with Crippen LogP contribution in [0.4, 0.5) is 10.1 Å². The van der Waals surface area contributed by atoms with Gasteiger partial charge < -0.3 is 18.9 Å². The number of unbranched alkanes of at least 4 members (excludes halogenated alkanes) is 3. The molecule has 8 nitrogen and oxygen atoms in total. The zero-order valence-electron chi connectivity index (χ0n) is 26.4. The molecule has 1 aliphatic heterocycles. The van der Waals surface area contributed by atoms with E-state index in [4.69, 9.17) is 18.9 Å². The van der Waals surface area contributed by atoms with E-state index in [0.717, 1.165) is 47.6 Å². The highest BCUT2D eigenvalue weighted by Gasteiger charge is 2.24. The van der Waals surface area contributed by atoms with Gasteiger partial charge in [0, 0.05) is 17.7 Å². The number of carbonyl (C=O) groups is 3. The van der Waals surface area contributed by atoms with Crippen molar-refractivity contribution in [3.8, 4) is 23.0 Å². The SMILES string of the molecule is O=C(/C=C/c1ccc(OCCOc2ccc(OCCCCCCOc3ccc(N4C(=O)C=CC4=O)cc3)cc2)cc1)c1ccc(F)cc1. The summed E-state index contributed by atoms with van der Waals surface area (Å²) < 4.78 is 36.2. The number of carbonyl (C=O) groups excluding carboxylic acids is 3. The minimum absolute atomic E-state index is 0.194. The first kappa shape index (κ1) is 33.7. The highest BCUT2D eigenvalue weighted by molar-refractivity contribution is 6.28. The maximum Gasteiger partial charge on any atom is 0.258 e. The molecule has 4 aromatic carbocycles. The van der Waals surface area contributed by atoms with Crippen molar-refractivity contribution in [3.63, 3.8) is 0 Å². The summed E-state index contributed by atoms with van der Waals surface area (Å²) in [6, 6.07) is 27.2. The van der Waals surface area contributed by atoms with Gasteiger partial charge in [-0.05, 0) is 122 Å². The summed E-state index contributed by atoms with van der Waals surface area (Å²) in [4.78, 5) is 36.9. The van der Waals surface area contributed by atoms with Crippen molar-refractivity contribution < 1.29 is 37.7 Å². The van der Waals surface area contributed by atoms with Crippen LogP contribution in [0.25, 0.3) is 6.08 Å². The number of ketones is 1. The largest absolute Gasteiger partial charge is 0.494 e. The van der Waals surface area contributed by atoms with Crippen molar-refractivity contribution in [3.05, 3.63) is 132 Å². The van der Waals surface area contributed by atoms with E-state index in [1.165, 1.54) is 42.5 Å². The number of benzene rings is 4. The van der Waals surface area contributed by atoms with Crippen LogP contribution in [-0.2, 0) is 9.59 Å². The van der Waals surface area contributed by atoms with Crippen molar-refractivity contribution in [1.29, 1.82) is 0 Å². The number of anilines is 1. The molecule has 0 fully saturated rings. The molecule has 4 aromatic rings. The lowest BCUT2D eigenvalue weighted by atomic mass is 10.1. The van der Waals surface area contributed by atoms with Gasteiger partial charge in [0.05, 0.1) is 18.9 Å². The summed E-state index contributed by atoms with van der Waals surface area (Å²) in [7, 11) is 0. The van der Waals surface area contributed by atoms with Gasteiger partial charge in [-0.3, -0.25) is 14.4 Å². The first-order valence-corrected chi connectivity index (χ1v) is 15.8. The second-order valence-electron chi connectivity index (χ2n) is 10.9. The van der Waals surface area contributed by atoms with Crippen molar-refractivity contribution in [2.75, 3.05) is 31.3 Å². The van der Waals surface area contributed by atoms with E-state index in [2.05, 4.69) is 0 Å². The van der Waals surface area contributed by atoms with Crippen LogP contribution in [0.1, 0.15) is 41.6 Å². The Morgan fingerprint density at radius 1 is 0.562 bits per heavy atom. The van der Waals surface area contributed by atoms with Crippen LogP contribution in [0.3, 0.4) is 0 Å². The first-order valence-electron chi connectivity index (χ1n) is 15.8. The zero-order chi connectivity index (χ0) is 33.6. The van der Waals surface area contributed by atoms with Crippen LogP contribution >= 0.6 is 0 Å². The van der Waals surface area contributed by atoms with E-state index >= 15 is 0 Å².